The third-order valence-electron chi connectivity index (χ3n) is 2.84. The average Bonchev–Trinajstić information content (AvgIpc) is 3.11. The fourth-order valence-corrected chi connectivity index (χ4v) is 1.92. The highest BCUT2D eigenvalue weighted by Gasteiger charge is 2.09. The molecule has 5 heteroatoms. The van der Waals surface area contributed by atoms with E-state index in [1.54, 1.807) is 6.26 Å². The molecule has 3 aromatic rings. The Morgan fingerprint density at radius 2 is 1.89 bits per heavy atom. The highest BCUT2D eigenvalue weighted by molar-refractivity contribution is 5.60. The van der Waals surface area contributed by atoms with E-state index in [-0.39, 0.29) is 0 Å². The van der Waals surface area contributed by atoms with Crippen LogP contribution in [0, 0.1) is 0 Å². The van der Waals surface area contributed by atoms with Crippen LogP contribution in [-0.4, -0.2) is 15.4 Å². The van der Waals surface area contributed by atoms with Gasteiger partial charge in [-0.25, -0.2) is 0 Å². The van der Waals surface area contributed by atoms with Crippen molar-refractivity contribution in [2.24, 2.45) is 0 Å². The van der Waals surface area contributed by atoms with Gasteiger partial charge in [-0.15, -0.1) is 0 Å². The van der Waals surface area contributed by atoms with E-state index < -0.39 is 0 Å². The first kappa shape index (κ1) is 11.7. The Bertz CT molecular complexity index is 616. The van der Waals surface area contributed by atoms with Crippen molar-refractivity contribution >= 4 is 0 Å². The minimum Gasteiger partial charge on any atom is -0.468 e. The van der Waals surface area contributed by atoms with Gasteiger partial charge in [-0.2, -0.15) is 15.4 Å². The van der Waals surface area contributed by atoms with Crippen LogP contribution in [0.2, 0.25) is 0 Å². The summed E-state index contributed by atoms with van der Waals surface area (Å²) in [6, 6.07) is 13.8. The van der Waals surface area contributed by atoms with E-state index in [0.29, 0.717) is 13.1 Å². The van der Waals surface area contributed by atoms with Gasteiger partial charge in [0, 0.05) is 12.1 Å². The zero-order chi connectivity index (χ0) is 12.9. The lowest BCUT2D eigenvalue weighted by atomic mass is 10.1. The van der Waals surface area contributed by atoms with Crippen LogP contribution in [0.1, 0.15) is 11.5 Å². The summed E-state index contributed by atoms with van der Waals surface area (Å²) in [5, 5.41) is 14.3. The average molecular weight is 254 g/mol. The maximum atomic E-state index is 5.26. The maximum absolute atomic E-state index is 5.26. The predicted octanol–water partition coefficient (Wildman–Crippen LogP) is 2.35. The van der Waals surface area contributed by atoms with Crippen molar-refractivity contribution in [1.82, 2.24) is 20.7 Å². The molecule has 0 amide bonds. The number of aromatic amines is 1. The second kappa shape index (κ2) is 5.49. The van der Waals surface area contributed by atoms with Crippen molar-refractivity contribution in [3.63, 3.8) is 0 Å². The maximum Gasteiger partial charge on any atom is 0.117 e. The Hall–Kier alpha value is -2.40. The molecule has 96 valence electrons. The SMILES string of the molecule is c1ccc(-c2n[nH]nc2CNCc2ccco2)cc1. The van der Waals surface area contributed by atoms with Crippen LogP contribution in [0.5, 0.6) is 0 Å². The zero-order valence-electron chi connectivity index (χ0n) is 10.3. The topological polar surface area (TPSA) is 66.7 Å². The summed E-state index contributed by atoms with van der Waals surface area (Å²) in [4.78, 5) is 0. The lowest BCUT2D eigenvalue weighted by Crippen LogP contribution is -2.13. The van der Waals surface area contributed by atoms with E-state index in [0.717, 1.165) is 22.7 Å². The second-order valence-corrected chi connectivity index (χ2v) is 4.17. The molecule has 3 rings (SSSR count). The van der Waals surface area contributed by atoms with Crippen LogP contribution in [0.3, 0.4) is 0 Å². The van der Waals surface area contributed by atoms with Gasteiger partial charge < -0.3 is 9.73 Å². The largest absolute Gasteiger partial charge is 0.468 e. The van der Waals surface area contributed by atoms with Gasteiger partial charge in [0.25, 0.3) is 0 Å². The van der Waals surface area contributed by atoms with Crippen LogP contribution >= 0.6 is 0 Å². The van der Waals surface area contributed by atoms with E-state index >= 15 is 0 Å². The molecule has 0 fully saturated rings. The van der Waals surface area contributed by atoms with Gasteiger partial charge in [0.1, 0.15) is 17.1 Å². The predicted molar refractivity (Wildman–Crippen MR) is 71.1 cm³/mol. The van der Waals surface area contributed by atoms with Crippen LogP contribution < -0.4 is 5.32 Å². The highest BCUT2D eigenvalue weighted by atomic mass is 16.3. The molecule has 0 radical (unpaired) electrons. The van der Waals surface area contributed by atoms with Gasteiger partial charge >= 0.3 is 0 Å². The number of rotatable bonds is 5. The molecule has 0 unspecified atom stereocenters. The molecule has 2 heterocycles. The Balaban J connectivity index is 1.67. The number of benzene rings is 1. The van der Waals surface area contributed by atoms with E-state index in [1.165, 1.54) is 0 Å². The van der Waals surface area contributed by atoms with E-state index in [9.17, 15) is 0 Å². The van der Waals surface area contributed by atoms with Crippen molar-refractivity contribution in [2.75, 3.05) is 0 Å². The van der Waals surface area contributed by atoms with Gasteiger partial charge in [-0.05, 0) is 12.1 Å². The molecule has 0 aliphatic rings. The number of furan rings is 1. The number of nitrogens with zero attached hydrogens (tertiary/aromatic N) is 2. The van der Waals surface area contributed by atoms with Crippen molar-refractivity contribution < 1.29 is 4.42 Å². The van der Waals surface area contributed by atoms with Gasteiger partial charge in [-0.3, -0.25) is 0 Å². The molecule has 0 spiro atoms. The Morgan fingerprint density at radius 1 is 1.00 bits per heavy atom. The van der Waals surface area contributed by atoms with Crippen LogP contribution in [0.15, 0.2) is 53.1 Å². The minimum absolute atomic E-state index is 0.640. The normalized spacial score (nSPS) is 10.7. The third kappa shape index (κ3) is 2.71. The summed E-state index contributed by atoms with van der Waals surface area (Å²) in [5.74, 6) is 0.907. The molecule has 2 N–H and O–H groups in total. The molecule has 0 saturated carbocycles. The molecule has 0 atom stereocenters. The van der Waals surface area contributed by atoms with Crippen molar-refractivity contribution in [1.29, 1.82) is 0 Å². The third-order valence-corrected chi connectivity index (χ3v) is 2.84. The highest BCUT2D eigenvalue weighted by Crippen LogP contribution is 2.18. The molecule has 0 aliphatic heterocycles. The van der Waals surface area contributed by atoms with E-state index in [2.05, 4.69) is 20.7 Å². The van der Waals surface area contributed by atoms with Crippen LogP contribution in [0.25, 0.3) is 11.3 Å². The fraction of sp³-hybridized carbons (Fsp3) is 0.143. The summed E-state index contributed by atoms with van der Waals surface area (Å²) in [5.41, 5.74) is 2.84. The monoisotopic (exact) mass is 254 g/mol. The van der Waals surface area contributed by atoms with E-state index in [4.69, 9.17) is 4.42 Å². The first-order chi connectivity index (χ1) is 9.43. The van der Waals surface area contributed by atoms with Crippen molar-refractivity contribution in [3.8, 4) is 11.3 Å². The molecule has 19 heavy (non-hydrogen) atoms. The van der Waals surface area contributed by atoms with Crippen molar-refractivity contribution in [3.05, 3.63) is 60.2 Å². The summed E-state index contributed by atoms with van der Waals surface area (Å²) in [6.07, 6.45) is 1.67. The first-order valence-electron chi connectivity index (χ1n) is 6.11. The van der Waals surface area contributed by atoms with Gasteiger partial charge in [0.05, 0.1) is 12.8 Å². The first-order valence-corrected chi connectivity index (χ1v) is 6.11. The number of hydrogen-bond acceptors (Lipinski definition) is 4. The summed E-state index contributed by atoms with van der Waals surface area (Å²) in [7, 11) is 0. The Kier molecular flexibility index (Phi) is 3.38. The zero-order valence-corrected chi connectivity index (χ0v) is 10.3. The number of aromatic nitrogens is 3. The van der Waals surface area contributed by atoms with Gasteiger partial charge in [-0.1, -0.05) is 30.3 Å². The molecule has 1 aromatic carbocycles. The molecule has 2 aromatic heterocycles. The summed E-state index contributed by atoms with van der Waals surface area (Å²) in [6.45, 7) is 1.31. The smallest absolute Gasteiger partial charge is 0.117 e. The van der Waals surface area contributed by atoms with Gasteiger partial charge in [0.2, 0.25) is 0 Å². The Labute approximate surface area is 110 Å². The molecular weight excluding hydrogens is 240 g/mol. The summed E-state index contributed by atoms with van der Waals surface area (Å²) >= 11 is 0. The molecular formula is C14H14N4O. The van der Waals surface area contributed by atoms with Crippen LogP contribution in [-0.2, 0) is 13.1 Å². The van der Waals surface area contributed by atoms with Crippen molar-refractivity contribution in [2.45, 2.75) is 13.1 Å². The second-order valence-electron chi connectivity index (χ2n) is 4.17. The minimum atomic E-state index is 0.640. The number of hydrogen-bond donors (Lipinski definition) is 2. The van der Waals surface area contributed by atoms with Crippen LogP contribution in [0.4, 0.5) is 0 Å². The fourth-order valence-electron chi connectivity index (χ4n) is 1.92. The molecule has 0 saturated heterocycles. The lowest BCUT2D eigenvalue weighted by Gasteiger charge is -2.02. The lowest BCUT2D eigenvalue weighted by molar-refractivity contribution is 0.482. The summed E-state index contributed by atoms with van der Waals surface area (Å²) < 4.78 is 5.26. The Morgan fingerprint density at radius 3 is 2.68 bits per heavy atom. The molecule has 5 nitrogen and oxygen atoms in total. The molecule has 0 bridgehead atoms. The van der Waals surface area contributed by atoms with Gasteiger partial charge in [0.15, 0.2) is 0 Å². The molecule has 0 aliphatic carbocycles. The number of nitrogens with one attached hydrogen (secondary N) is 2. The quantitative estimate of drug-likeness (QED) is 0.733. The standard InChI is InChI=1S/C14H14N4O/c1-2-5-11(6-3-1)14-13(16-18-17-14)10-15-9-12-7-4-8-19-12/h1-8,15H,9-10H2,(H,16,17,18). The number of H-pyrrole nitrogens is 1. The van der Waals surface area contributed by atoms with E-state index in [1.807, 2.05) is 42.5 Å².